The van der Waals surface area contributed by atoms with E-state index in [1.807, 2.05) is 4.90 Å². The minimum Gasteiger partial charge on any atom is -0.383 e. The van der Waals surface area contributed by atoms with Gasteiger partial charge in [-0.1, -0.05) is 12.8 Å². The largest absolute Gasteiger partial charge is 0.383 e. The van der Waals surface area contributed by atoms with E-state index in [1.54, 1.807) is 7.11 Å². The number of nitrogens with zero attached hydrogens (tertiary/aromatic N) is 2. The first-order valence-corrected chi connectivity index (χ1v) is 7.40. The van der Waals surface area contributed by atoms with Crippen LogP contribution in [-0.2, 0) is 9.53 Å². The van der Waals surface area contributed by atoms with E-state index in [9.17, 15) is 4.79 Å². The Labute approximate surface area is 117 Å². The van der Waals surface area contributed by atoms with Crippen LogP contribution in [0.4, 0.5) is 0 Å². The molecule has 0 aromatic heterocycles. The molecule has 19 heavy (non-hydrogen) atoms. The average Bonchev–Trinajstić information content (AvgIpc) is 2.70. The van der Waals surface area contributed by atoms with Crippen LogP contribution >= 0.6 is 0 Å². The lowest BCUT2D eigenvalue weighted by atomic mass is 10.2. The number of amides is 1. The fourth-order valence-electron chi connectivity index (χ4n) is 2.26. The second-order valence-electron chi connectivity index (χ2n) is 5.27. The maximum Gasteiger partial charge on any atom is 0.236 e. The predicted molar refractivity (Wildman–Crippen MR) is 77.3 cm³/mol. The predicted octanol–water partition coefficient (Wildman–Crippen LogP) is 0.557. The Hall–Kier alpha value is -0.650. The first-order valence-electron chi connectivity index (χ1n) is 7.40. The molecule has 1 N–H and O–H groups in total. The summed E-state index contributed by atoms with van der Waals surface area (Å²) in [6.07, 6.45) is 4.85. The van der Waals surface area contributed by atoms with Crippen molar-refractivity contribution >= 4 is 5.91 Å². The number of likely N-dealkylation sites (N-methyl/N-ethyl adjacent to an activating group) is 1. The Kier molecular flexibility index (Phi) is 8.79. The summed E-state index contributed by atoms with van der Waals surface area (Å²) < 4.78 is 5.03. The maximum absolute atomic E-state index is 12.0. The van der Waals surface area contributed by atoms with E-state index in [-0.39, 0.29) is 5.91 Å². The van der Waals surface area contributed by atoms with Crippen molar-refractivity contribution in [2.45, 2.75) is 25.7 Å². The molecule has 1 amide bonds. The van der Waals surface area contributed by atoms with E-state index in [1.165, 1.54) is 12.8 Å². The molecule has 5 nitrogen and oxygen atoms in total. The molecule has 1 aliphatic rings. The van der Waals surface area contributed by atoms with Crippen molar-refractivity contribution in [3.05, 3.63) is 0 Å². The number of rotatable bonds is 8. The summed E-state index contributed by atoms with van der Waals surface area (Å²) in [5, 5.41) is 3.24. The van der Waals surface area contributed by atoms with Gasteiger partial charge in [0.25, 0.3) is 0 Å². The van der Waals surface area contributed by atoms with Crippen molar-refractivity contribution in [3.63, 3.8) is 0 Å². The fraction of sp³-hybridized carbons (Fsp3) is 0.929. The van der Waals surface area contributed by atoms with Gasteiger partial charge >= 0.3 is 0 Å². The van der Waals surface area contributed by atoms with Crippen molar-refractivity contribution in [3.8, 4) is 0 Å². The van der Waals surface area contributed by atoms with Gasteiger partial charge < -0.3 is 19.9 Å². The van der Waals surface area contributed by atoms with Crippen LogP contribution < -0.4 is 5.32 Å². The van der Waals surface area contributed by atoms with Gasteiger partial charge in [-0.05, 0) is 19.9 Å². The van der Waals surface area contributed by atoms with Crippen molar-refractivity contribution in [2.24, 2.45) is 0 Å². The Morgan fingerprint density at radius 2 is 1.89 bits per heavy atom. The summed E-state index contributed by atoms with van der Waals surface area (Å²) in [6, 6.07) is 0. The van der Waals surface area contributed by atoms with Crippen LogP contribution in [0.5, 0.6) is 0 Å². The summed E-state index contributed by atoms with van der Waals surface area (Å²) in [5.41, 5.74) is 0. The molecule has 0 unspecified atom stereocenters. The molecule has 0 aromatic rings. The molecule has 0 spiro atoms. The number of carbonyl (C=O) groups is 1. The topological polar surface area (TPSA) is 44.8 Å². The molecule has 1 saturated heterocycles. The second kappa shape index (κ2) is 10.2. The van der Waals surface area contributed by atoms with E-state index >= 15 is 0 Å². The monoisotopic (exact) mass is 271 g/mol. The Bertz CT molecular complexity index is 241. The summed E-state index contributed by atoms with van der Waals surface area (Å²) in [7, 11) is 3.78. The van der Waals surface area contributed by atoms with Gasteiger partial charge in [0, 0.05) is 39.8 Å². The summed E-state index contributed by atoms with van der Waals surface area (Å²) >= 11 is 0. The van der Waals surface area contributed by atoms with Crippen molar-refractivity contribution in [2.75, 3.05) is 60.0 Å². The molecular weight excluding hydrogens is 242 g/mol. The van der Waals surface area contributed by atoms with E-state index < -0.39 is 0 Å². The molecular formula is C14H29N3O2. The lowest BCUT2D eigenvalue weighted by Gasteiger charge is -2.21. The Balaban J connectivity index is 2.06. The highest BCUT2D eigenvalue weighted by molar-refractivity contribution is 5.78. The number of methoxy groups -OCH3 is 1. The van der Waals surface area contributed by atoms with Gasteiger partial charge in [0.1, 0.15) is 0 Å². The molecule has 1 aliphatic heterocycles. The number of likely N-dealkylation sites (tertiary alicyclic amines) is 1. The number of hydrogen-bond acceptors (Lipinski definition) is 4. The minimum atomic E-state index is 0.251. The van der Waals surface area contributed by atoms with Crippen LogP contribution in [0.3, 0.4) is 0 Å². The molecule has 1 heterocycles. The minimum absolute atomic E-state index is 0.251. The number of nitrogens with one attached hydrogen (secondary N) is 1. The standard InChI is InChI=1S/C14H29N3O2/c1-16(11-12-19-2)10-7-15-13-14(18)17-8-5-3-4-6-9-17/h15H,3-13H2,1-2H3. The van der Waals surface area contributed by atoms with E-state index in [2.05, 4.69) is 17.3 Å². The maximum atomic E-state index is 12.0. The zero-order chi connectivity index (χ0) is 13.9. The third kappa shape index (κ3) is 7.50. The number of ether oxygens (including phenoxy) is 1. The lowest BCUT2D eigenvalue weighted by Crippen LogP contribution is -2.40. The van der Waals surface area contributed by atoms with Crippen molar-refractivity contribution in [1.82, 2.24) is 15.1 Å². The van der Waals surface area contributed by atoms with Gasteiger partial charge in [0.05, 0.1) is 13.2 Å². The van der Waals surface area contributed by atoms with Crippen LogP contribution in [0.25, 0.3) is 0 Å². The first-order chi connectivity index (χ1) is 9.24. The number of hydrogen-bond donors (Lipinski definition) is 1. The summed E-state index contributed by atoms with van der Waals surface area (Å²) in [4.78, 5) is 16.2. The zero-order valence-corrected chi connectivity index (χ0v) is 12.5. The van der Waals surface area contributed by atoms with Crippen LogP contribution in [0.2, 0.25) is 0 Å². The van der Waals surface area contributed by atoms with Gasteiger partial charge in [-0.2, -0.15) is 0 Å². The molecule has 0 bridgehead atoms. The van der Waals surface area contributed by atoms with Crippen molar-refractivity contribution < 1.29 is 9.53 Å². The lowest BCUT2D eigenvalue weighted by molar-refractivity contribution is -0.130. The van der Waals surface area contributed by atoms with Gasteiger partial charge in [-0.15, -0.1) is 0 Å². The zero-order valence-electron chi connectivity index (χ0n) is 12.5. The van der Waals surface area contributed by atoms with Gasteiger partial charge in [0.2, 0.25) is 5.91 Å². The van der Waals surface area contributed by atoms with Crippen LogP contribution in [0.15, 0.2) is 0 Å². The van der Waals surface area contributed by atoms with Gasteiger partial charge in [-0.25, -0.2) is 0 Å². The SMILES string of the molecule is COCCN(C)CCNCC(=O)N1CCCCCC1. The highest BCUT2D eigenvalue weighted by atomic mass is 16.5. The van der Waals surface area contributed by atoms with Crippen molar-refractivity contribution in [1.29, 1.82) is 0 Å². The highest BCUT2D eigenvalue weighted by Crippen LogP contribution is 2.09. The third-order valence-corrected chi connectivity index (χ3v) is 3.58. The fourth-order valence-corrected chi connectivity index (χ4v) is 2.26. The first kappa shape index (κ1) is 16.4. The molecule has 0 aromatic carbocycles. The highest BCUT2D eigenvalue weighted by Gasteiger charge is 2.14. The van der Waals surface area contributed by atoms with Crippen LogP contribution in [0.1, 0.15) is 25.7 Å². The van der Waals surface area contributed by atoms with Gasteiger partial charge in [0.15, 0.2) is 0 Å². The molecule has 0 aliphatic carbocycles. The normalized spacial score (nSPS) is 16.7. The Morgan fingerprint density at radius 1 is 1.21 bits per heavy atom. The van der Waals surface area contributed by atoms with Crippen LogP contribution in [-0.4, -0.2) is 75.7 Å². The molecule has 112 valence electrons. The summed E-state index contributed by atoms with van der Waals surface area (Å²) in [6.45, 7) is 5.82. The average molecular weight is 271 g/mol. The van der Waals surface area contributed by atoms with E-state index in [4.69, 9.17) is 4.74 Å². The van der Waals surface area contributed by atoms with Gasteiger partial charge in [-0.3, -0.25) is 4.79 Å². The molecule has 0 saturated carbocycles. The quantitative estimate of drug-likeness (QED) is 0.655. The number of carbonyl (C=O) groups excluding carboxylic acids is 1. The smallest absolute Gasteiger partial charge is 0.236 e. The molecule has 1 fully saturated rings. The van der Waals surface area contributed by atoms with E-state index in [0.29, 0.717) is 6.54 Å². The molecule has 0 radical (unpaired) electrons. The molecule has 1 rings (SSSR count). The Morgan fingerprint density at radius 3 is 2.53 bits per heavy atom. The van der Waals surface area contributed by atoms with E-state index in [0.717, 1.165) is 52.2 Å². The van der Waals surface area contributed by atoms with Crippen LogP contribution in [0, 0.1) is 0 Å². The molecule has 5 heteroatoms. The second-order valence-corrected chi connectivity index (χ2v) is 5.27. The summed E-state index contributed by atoms with van der Waals surface area (Å²) in [5.74, 6) is 0.251. The molecule has 0 atom stereocenters. The third-order valence-electron chi connectivity index (χ3n) is 3.58.